The lowest BCUT2D eigenvalue weighted by molar-refractivity contribution is 0.501. The molecule has 1 atom stereocenters. The Morgan fingerprint density at radius 1 is 0.800 bits per heavy atom. The molecule has 2 heteroatoms. The van der Waals surface area contributed by atoms with Crippen LogP contribution in [0.4, 0.5) is 8.78 Å². The first-order valence-electron chi connectivity index (χ1n) is 14.0. The molecule has 0 spiro atoms. The van der Waals surface area contributed by atoms with Crippen LogP contribution >= 0.6 is 0 Å². The Morgan fingerprint density at radius 2 is 1.54 bits per heavy atom. The molecular formula is C33H44F2. The van der Waals surface area contributed by atoms with Gasteiger partial charge in [0.15, 0.2) is 11.6 Å². The van der Waals surface area contributed by atoms with Crippen LogP contribution in [0.3, 0.4) is 0 Å². The maximum atomic E-state index is 14.9. The number of rotatable bonds is 14. The van der Waals surface area contributed by atoms with E-state index in [0.29, 0.717) is 23.5 Å². The molecule has 0 nitrogen and oxygen atoms in total. The van der Waals surface area contributed by atoms with Gasteiger partial charge in [-0.2, -0.15) is 0 Å². The summed E-state index contributed by atoms with van der Waals surface area (Å²) in [4.78, 5) is 0. The molecule has 1 aliphatic rings. The number of hydrogen-bond acceptors (Lipinski definition) is 0. The largest absolute Gasteiger partial charge is 0.203 e. The molecule has 0 aromatic heterocycles. The second kappa shape index (κ2) is 15.0. The van der Waals surface area contributed by atoms with Crippen LogP contribution in [0.1, 0.15) is 102 Å². The maximum Gasteiger partial charge on any atom is 0.166 e. The Hall–Kier alpha value is -2.22. The summed E-state index contributed by atoms with van der Waals surface area (Å²) in [5.41, 5.74) is 4.44. The van der Waals surface area contributed by atoms with Gasteiger partial charge in [-0.05, 0) is 80.4 Å². The number of unbranched alkanes of at least 4 members (excludes halogenated alkanes) is 5. The molecule has 0 saturated carbocycles. The van der Waals surface area contributed by atoms with Crippen molar-refractivity contribution in [2.45, 2.75) is 104 Å². The van der Waals surface area contributed by atoms with Gasteiger partial charge in [-0.15, -0.1) is 0 Å². The molecule has 0 bridgehead atoms. The molecule has 2 aromatic rings. The quantitative estimate of drug-likeness (QED) is 0.187. The van der Waals surface area contributed by atoms with E-state index in [-0.39, 0.29) is 0 Å². The van der Waals surface area contributed by atoms with E-state index in [2.05, 4.69) is 32.1 Å². The fourth-order valence-electron chi connectivity index (χ4n) is 5.05. The van der Waals surface area contributed by atoms with E-state index in [1.165, 1.54) is 69.8 Å². The zero-order valence-electron chi connectivity index (χ0n) is 21.9. The highest BCUT2D eigenvalue weighted by Gasteiger charge is 2.15. The summed E-state index contributed by atoms with van der Waals surface area (Å²) in [6.07, 6.45) is 22.8. The number of hydrogen-bond donors (Lipinski definition) is 0. The number of halogens is 2. The zero-order chi connectivity index (χ0) is 24.9. The highest BCUT2D eigenvalue weighted by Crippen LogP contribution is 2.29. The Labute approximate surface area is 212 Å². The molecule has 0 aliphatic heterocycles. The van der Waals surface area contributed by atoms with Crippen LogP contribution in [0.15, 0.2) is 60.2 Å². The lowest BCUT2D eigenvalue weighted by Crippen LogP contribution is -2.03. The van der Waals surface area contributed by atoms with Gasteiger partial charge in [0.25, 0.3) is 0 Å². The number of allylic oxidation sites excluding steroid dienone is 4. The minimum atomic E-state index is -0.727. The van der Waals surface area contributed by atoms with Crippen LogP contribution in [-0.4, -0.2) is 0 Å². The van der Waals surface area contributed by atoms with E-state index in [9.17, 15) is 8.78 Å². The van der Waals surface area contributed by atoms with Crippen LogP contribution in [0, 0.1) is 17.6 Å². The van der Waals surface area contributed by atoms with Gasteiger partial charge >= 0.3 is 0 Å². The first-order valence-corrected chi connectivity index (χ1v) is 14.0. The smallest absolute Gasteiger partial charge is 0.166 e. The monoisotopic (exact) mass is 478 g/mol. The minimum Gasteiger partial charge on any atom is -0.203 e. The van der Waals surface area contributed by atoms with E-state index < -0.39 is 11.6 Å². The van der Waals surface area contributed by atoms with E-state index in [1.54, 1.807) is 17.7 Å². The number of benzene rings is 2. The van der Waals surface area contributed by atoms with Crippen LogP contribution in [-0.2, 0) is 12.8 Å². The van der Waals surface area contributed by atoms with Crippen LogP contribution < -0.4 is 0 Å². The van der Waals surface area contributed by atoms with Crippen molar-refractivity contribution in [1.29, 1.82) is 0 Å². The standard InChI is InChI=1S/C33H44F2/c1-3-5-7-9-13-28-20-22-29(23-21-28)31-25-24-30(32(34)33(31)35)15-11-10-14-27-18-16-26(17-19-27)12-8-6-4-2/h10,14,16,20-25,27H,3-9,11-13,15,17-19H2,1-2H3/b14-10+. The summed E-state index contributed by atoms with van der Waals surface area (Å²) >= 11 is 0. The molecule has 0 amide bonds. The summed E-state index contributed by atoms with van der Waals surface area (Å²) < 4.78 is 29.7. The second-order valence-electron chi connectivity index (χ2n) is 10.2. The maximum absolute atomic E-state index is 14.9. The normalized spacial score (nSPS) is 16.1. The molecule has 1 unspecified atom stereocenters. The summed E-state index contributed by atoms with van der Waals surface area (Å²) in [7, 11) is 0. The molecule has 0 fully saturated rings. The van der Waals surface area contributed by atoms with Crippen molar-refractivity contribution in [1.82, 2.24) is 0 Å². The average Bonchev–Trinajstić information content (AvgIpc) is 2.88. The third-order valence-corrected chi connectivity index (χ3v) is 7.38. The van der Waals surface area contributed by atoms with Gasteiger partial charge in [-0.25, -0.2) is 8.78 Å². The predicted octanol–water partition coefficient (Wildman–Crippen LogP) is 10.6. The van der Waals surface area contributed by atoms with Gasteiger partial charge < -0.3 is 0 Å². The third kappa shape index (κ3) is 8.74. The molecule has 2 aromatic carbocycles. The van der Waals surface area contributed by atoms with E-state index in [1.807, 2.05) is 24.3 Å². The van der Waals surface area contributed by atoms with Crippen LogP contribution in [0.2, 0.25) is 0 Å². The third-order valence-electron chi connectivity index (χ3n) is 7.38. The van der Waals surface area contributed by atoms with E-state index >= 15 is 0 Å². The summed E-state index contributed by atoms with van der Waals surface area (Å²) in [5, 5.41) is 0. The molecule has 3 rings (SSSR count). The lowest BCUT2D eigenvalue weighted by atomic mass is 9.87. The molecule has 0 radical (unpaired) electrons. The second-order valence-corrected chi connectivity index (χ2v) is 10.2. The Bertz CT molecular complexity index is 952. The average molecular weight is 479 g/mol. The van der Waals surface area contributed by atoms with Crippen LogP contribution in [0.25, 0.3) is 11.1 Å². The molecule has 0 saturated heterocycles. The Balaban J connectivity index is 1.49. The Morgan fingerprint density at radius 3 is 2.26 bits per heavy atom. The molecular weight excluding hydrogens is 434 g/mol. The summed E-state index contributed by atoms with van der Waals surface area (Å²) in [5.74, 6) is -0.837. The minimum absolute atomic E-state index is 0.350. The molecule has 1 aliphatic carbocycles. The van der Waals surface area contributed by atoms with E-state index in [4.69, 9.17) is 0 Å². The fraction of sp³-hybridized carbons (Fsp3) is 0.515. The summed E-state index contributed by atoms with van der Waals surface area (Å²) in [6.45, 7) is 4.46. The van der Waals surface area contributed by atoms with Crippen molar-refractivity contribution in [3.05, 3.63) is 83.0 Å². The van der Waals surface area contributed by atoms with Crippen molar-refractivity contribution in [2.75, 3.05) is 0 Å². The van der Waals surface area contributed by atoms with Crippen molar-refractivity contribution >= 4 is 0 Å². The van der Waals surface area contributed by atoms with Crippen molar-refractivity contribution in [3.8, 4) is 11.1 Å². The molecule has 0 N–H and O–H groups in total. The van der Waals surface area contributed by atoms with Crippen LogP contribution in [0.5, 0.6) is 0 Å². The molecule has 0 heterocycles. The molecule has 35 heavy (non-hydrogen) atoms. The number of aryl methyl sites for hydroxylation is 2. The predicted molar refractivity (Wildman–Crippen MR) is 147 cm³/mol. The zero-order valence-corrected chi connectivity index (χ0v) is 21.9. The van der Waals surface area contributed by atoms with Gasteiger partial charge in [-0.3, -0.25) is 0 Å². The summed E-state index contributed by atoms with van der Waals surface area (Å²) in [6, 6.07) is 11.4. The van der Waals surface area contributed by atoms with Crippen molar-refractivity contribution in [2.24, 2.45) is 5.92 Å². The SMILES string of the molecule is CCCCCCc1ccc(-c2ccc(CC/C=C/C3CC=C(CCCCC)CC3)c(F)c2F)cc1. The highest BCUT2D eigenvalue weighted by molar-refractivity contribution is 5.65. The molecule has 190 valence electrons. The first-order chi connectivity index (χ1) is 17.1. The van der Waals surface area contributed by atoms with Gasteiger partial charge in [0.05, 0.1) is 0 Å². The van der Waals surface area contributed by atoms with E-state index in [0.717, 1.165) is 24.8 Å². The lowest BCUT2D eigenvalue weighted by Gasteiger charge is -2.19. The first kappa shape index (κ1) is 27.4. The Kier molecular flexibility index (Phi) is 11.7. The highest BCUT2D eigenvalue weighted by atomic mass is 19.2. The topological polar surface area (TPSA) is 0 Å². The van der Waals surface area contributed by atoms with Gasteiger partial charge in [0, 0.05) is 5.56 Å². The van der Waals surface area contributed by atoms with Gasteiger partial charge in [-0.1, -0.05) is 106 Å². The van der Waals surface area contributed by atoms with Crippen molar-refractivity contribution < 1.29 is 8.78 Å². The van der Waals surface area contributed by atoms with Gasteiger partial charge in [0.2, 0.25) is 0 Å². The fourth-order valence-corrected chi connectivity index (χ4v) is 5.05. The van der Waals surface area contributed by atoms with Crippen molar-refractivity contribution in [3.63, 3.8) is 0 Å². The van der Waals surface area contributed by atoms with Gasteiger partial charge in [0.1, 0.15) is 0 Å².